The Balaban J connectivity index is 0.00000133. The third-order valence-electron chi connectivity index (χ3n) is 4.29. The maximum absolute atomic E-state index is 5.79. The fourth-order valence-corrected chi connectivity index (χ4v) is 2.86. The summed E-state index contributed by atoms with van der Waals surface area (Å²) >= 11 is 0. The molecule has 0 bridgehead atoms. The largest absolute Gasteiger partial charge is 1.00 e. The first kappa shape index (κ1) is 14.7. The molecular weight excluding hydrogens is 323 g/mol. The van der Waals surface area contributed by atoms with E-state index in [9.17, 15) is 0 Å². The van der Waals surface area contributed by atoms with Gasteiger partial charge in [0.15, 0.2) is 0 Å². The van der Waals surface area contributed by atoms with E-state index >= 15 is 0 Å². The van der Waals surface area contributed by atoms with Crippen molar-refractivity contribution < 1.29 is 24.3 Å². The van der Waals surface area contributed by atoms with Gasteiger partial charge in [0.2, 0.25) is 0 Å². The van der Waals surface area contributed by atoms with E-state index in [1.807, 2.05) is 0 Å². The molecule has 3 heteroatoms. The van der Waals surface area contributed by atoms with Crippen molar-refractivity contribution in [2.45, 2.75) is 51.6 Å². The zero-order valence-electron chi connectivity index (χ0n) is 11.6. The van der Waals surface area contributed by atoms with Gasteiger partial charge in [-0.3, -0.25) is 0 Å². The van der Waals surface area contributed by atoms with Crippen molar-refractivity contribution in [3.05, 3.63) is 41.3 Å². The molecular formula is C16H20NORu. The summed E-state index contributed by atoms with van der Waals surface area (Å²) in [7, 11) is 0. The van der Waals surface area contributed by atoms with Crippen LogP contribution in [0, 0.1) is 20.3 Å². The van der Waals surface area contributed by atoms with E-state index in [-0.39, 0.29) is 25.1 Å². The Morgan fingerprint density at radius 3 is 2.58 bits per heavy atom. The maximum Gasteiger partial charge on any atom is 1.00 e. The Morgan fingerprint density at radius 2 is 1.89 bits per heavy atom. The smallest absolute Gasteiger partial charge is 0.389 e. The van der Waals surface area contributed by atoms with E-state index in [2.05, 4.69) is 43.6 Å². The molecule has 1 aromatic carbocycles. The van der Waals surface area contributed by atoms with Crippen molar-refractivity contribution in [1.29, 1.82) is 0 Å². The summed E-state index contributed by atoms with van der Waals surface area (Å²) < 4.78 is 0. The van der Waals surface area contributed by atoms with Crippen molar-refractivity contribution in [2.75, 3.05) is 0 Å². The van der Waals surface area contributed by atoms with E-state index in [1.54, 1.807) is 0 Å². The summed E-state index contributed by atoms with van der Waals surface area (Å²) in [5, 5.41) is 4.36. The van der Waals surface area contributed by atoms with E-state index in [4.69, 9.17) is 4.84 Å². The van der Waals surface area contributed by atoms with Crippen molar-refractivity contribution >= 4 is 5.71 Å². The van der Waals surface area contributed by atoms with Crippen molar-refractivity contribution in [2.24, 2.45) is 5.16 Å². The Labute approximate surface area is 128 Å². The zero-order chi connectivity index (χ0) is 12.6. The molecule has 1 aliphatic carbocycles. The average molecular weight is 343 g/mol. The molecule has 3 rings (SSSR count). The Kier molecular flexibility index (Phi) is 4.45. The monoisotopic (exact) mass is 344 g/mol. The molecule has 0 saturated heterocycles. The van der Waals surface area contributed by atoms with Gasteiger partial charge in [-0.25, -0.2) is 0 Å². The van der Waals surface area contributed by atoms with Crippen LogP contribution in [0.2, 0.25) is 0 Å². The van der Waals surface area contributed by atoms with Crippen LogP contribution in [0.5, 0.6) is 0 Å². The standard InChI is InChI=1S/C16H20NO.Ru/c1-12-6-7-14(10-13(12)2)15-11-16(18-17-15)8-4-3-5-9-16;/h3,6-7,10H,4-5,8-9,11H2,1-2H3;/q-1;+1. The summed E-state index contributed by atoms with van der Waals surface area (Å²) in [5.41, 5.74) is 5.01. The van der Waals surface area contributed by atoms with Crippen LogP contribution in [0.25, 0.3) is 0 Å². The van der Waals surface area contributed by atoms with Crippen LogP contribution in [-0.4, -0.2) is 11.3 Å². The molecule has 1 fully saturated rings. The van der Waals surface area contributed by atoms with Gasteiger partial charge in [0.25, 0.3) is 0 Å². The van der Waals surface area contributed by atoms with Gasteiger partial charge in [0.05, 0.1) is 5.71 Å². The fraction of sp³-hybridized carbons (Fsp3) is 0.500. The number of oxime groups is 1. The number of benzene rings is 1. The maximum atomic E-state index is 5.79. The summed E-state index contributed by atoms with van der Waals surface area (Å²) in [4.78, 5) is 5.79. The van der Waals surface area contributed by atoms with Gasteiger partial charge in [-0.2, -0.15) is 12.8 Å². The van der Waals surface area contributed by atoms with Crippen molar-refractivity contribution in [1.82, 2.24) is 0 Å². The molecule has 1 heterocycles. The second-order valence-corrected chi connectivity index (χ2v) is 5.65. The van der Waals surface area contributed by atoms with Gasteiger partial charge < -0.3 is 11.3 Å². The average Bonchev–Trinajstić information content (AvgIpc) is 2.78. The third kappa shape index (κ3) is 2.92. The molecule has 103 valence electrons. The minimum atomic E-state index is 0. The minimum absolute atomic E-state index is 0. The quantitative estimate of drug-likeness (QED) is 0.559. The molecule has 0 unspecified atom stereocenters. The van der Waals surface area contributed by atoms with Crippen LogP contribution in [0.4, 0.5) is 0 Å². The van der Waals surface area contributed by atoms with Crippen LogP contribution in [0.15, 0.2) is 23.4 Å². The predicted octanol–water partition coefficient (Wildman–Crippen LogP) is 3.94. The normalized spacial score (nSPS) is 20.6. The molecule has 2 nitrogen and oxygen atoms in total. The summed E-state index contributed by atoms with van der Waals surface area (Å²) in [6, 6.07) is 6.57. The minimum Gasteiger partial charge on any atom is -0.389 e. The first-order valence-corrected chi connectivity index (χ1v) is 6.83. The number of hydrogen-bond donors (Lipinski definition) is 0. The molecule has 0 atom stereocenters. The molecule has 0 N–H and O–H groups in total. The third-order valence-corrected chi connectivity index (χ3v) is 4.29. The molecule has 0 amide bonds. The number of aryl methyl sites for hydroxylation is 2. The molecule has 1 saturated carbocycles. The second-order valence-electron chi connectivity index (χ2n) is 5.65. The van der Waals surface area contributed by atoms with Gasteiger partial charge >= 0.3 is 19.5 Å². The van der Waals surface area contributed by atoms with Crippen LogP contribution in [0.3, 0.4) is 0 Å². The molecule has 1 aliphatic heterocycles. The van der Waals surface area contributed by atoms with E-state index < -0.39 is 0 Å². The van der Waals surface area contributed by atoms with E-state index in [0.29, 0.717) is 0 Å². The predicted molar refractivity (Wildman–Crippen MR) is 73.7 cm³/mol. The topological polar surface area (TPSA) is 21.6 Å². The number of rotatable bonds is 1. The molecule has 1 spiro atoms. The molecule has 1 radical (unpaired) electrons. The van der Waals surface area contributed by atoms with Crippen LogP contribution in [-0.2, 0) is 24.3 Å². The molecule has 0 aromatic heterocycles. The van der Waals surface area contributed by atoms with Gasteiger partial charge in [-0.1, -0.05) is 17.3 Å². The van der Waals surface area contributed by atoms with E-state index in [1.165, 1.54) is 16.7 Å². The van der Waals surface area contributed by atoms with Crippen LogP contribution < -0.4 is 0 Å². The van der Waals surface area contributed by atoms with Gasteiger partial charge in [-0.05, 0) is 49.4 Å². The van der Waals surface area contributed by atoms with Crippen LogP contribution in [0.1, 0.15) is 48.8 Å². The Morgan fingerprint density at radius 1 is 1.16 bits per heavy atom. The Hall–Kier alpha value is -0.687. The SMILES string of the molecule is Cc1ccc(C2=NOC3(CC[CH-]CC3)C2)cc1C.[Ru+]. The first-order chi connectivity index (χ1) is 8.69. The van der Waals surface area contributed by atoms with Crippen molar-refractivity contribution in [3.63, 3.8) is 0 Å². The molecule has 19 heavy (non-hydrogen) atoms. The van der Waals surface area contributed by atoms with Gasteiger partial charge in [-0.15, -0.1) is 0 Å². The summed E-state index contributed by atoms with van der Waals surface area (Å²) in [6.45, 7) is 4.30. The first-order valence-electron chi connectivity index (χ1n) is 6.83. The number of hydrogen-bond acceptors (Lipinski definition) is 2. The molecule has 2 aliphatic rings. The Bertz CT molecular complexity index is 490. The van der Waals surface area contributed by atoms with Gasteiger partial charge in [0, 0.05) is 6.42 Å². The fourth-order valence-electron chi connectivity index (χ4n) is 2.86. The molecule has 1 aromatic rings. The summed E-state index contributed by atoms with van der Waals surface area (Å²) in [6.07, 6.45) is 7.90. The van der Waals surface area contributed by atoms with E-state index in [0.717, 1.165) is 37.8 Å². The van der Waals surface area contributed by atoms with Gasteiger partial charge in [0.1, 0.15) is 5.60 Å². The second kappa shape index (κ2) is 5.75. The zero-order valence-corrected chi connectivity index (χ0v) is 13.3. The summed E-state index contributed by atoms with van der Waals surface area (Å²) in [5.74, 6) is 0. The van der Waals surface area contributed by atoms with Crippen LogP contribution >= 0.6 is 0 Å². The number of nitrogens with zero attached hydrogens (tertiary/aromatic N) is 1. The van der Waals surface area contributed by atoms with Crippen molar-refractivity contribution in [3.8, 4) is 0 Å².